The fourth-order valence-corrected chi connectivity index (χ4v) is 3.96. The van der Waals surface area contributed by atoms with Gasteiger partial charge in [0.2, 0.25) is 0 Å². The van der Waals surface area contributed by atoms with E-state index in [9.17, 15) is 14.0 Å². The molecule has 2 aromatic rings. The first-order chi connectivity index (χ1) is 13.6. The number of hydrogen-bond donors (Lipinski definition) is 0. The van der Waals surface area contributed by atoms with Crippen LogP contribution in [0.2, 0.25) is 0 Å². The van der Waals surface area contributed by atoms with Gasteiger partial charge in [-0.3, -0.25) is 4.90 Å². The second-order valence-electron chi connectivity index (χ2n) is 7.24. The van der Waals surface area contributed by atoms with Crippen molar-refractivity contribution in [2.24, 2.45) is 0 Å². The Morgan fingerprint density at radius 2 is 1.96 bits per heavy atom. The highest BCUT2D eigenvalue weighted by Crippen LogP contribution is 2.28. The zero-order valence-electron chi connectivity index (χ0n) is 15.8. The third kappa shape index (κ3) is 3.58. The Morgan fingerprint density at radius 3 is 2.68 bits per heavy atom. The molecule has 146 valence electrons. The molecule has 0 radical (unpaired) electrons. The lowest BCUT2D eigenvalue weighted by atomic mass is 10.0. The van der Waals surface area contributed by atoms with E-state index in [1.54, 1.807) is 0 Å². The van der Waals surface area contributed by atoms with Crippen LogP contribution in [0.4, 0.5) is 14.6 Å². The van der Waals surface area contributed by atoms with Crippen molar-refractivity contribution in [3.05, 3.63) is 58.3 Å². The average Bonchev–Trinajstić information content (AvgIpc) is 2.72. The van der Waals surface area contributed by atoms with Gasteiger partial charge < -0.3 is 9.64 Å². The van der Waals surface area contributed by atoms with E-state index in [2.05, 4.69) is 15.9 Å². The molecule has 3 heterocycles. The minimum atomic E-state index is -0.564. The molecule has 1 aromatic carbocycles. The molecular weight excluding hydrogens is 362 g/mol. The molecule has 1 unspecified atom stereocenters. The van der Waals surface area contributed by atoms with Gasteiger partial charge in [0.15, 0.2) is 0 Å². The summed E-state index contributed by atoms with van der Waals surface area (Å²) < 4.78 is 32.8. The zero-order valence-corrected chi connectivity index (χ0v) is 15.8. The van der Waals surface area contributed by atoms with E-state index in [0.29, 0.717) is 50.5 Å². The van der Waals surface area contributed by atoms with Crippen molar-refractivity contribution in [3.8, 4) is 6.07 Å². The number of aromatic nitrogens is 1. The maximum Gasteiger partial charge on any atom is 0.146 e. The predicted molar refractivity (Wildman–Crippen MR) is 101 cm³/mol. The van der Waals surface area contributed by atoms with Crippen LogP contribution in [0.5, 0.6) is 0 Å². The van der Waals surface area contributed by atoms with E-state index in [4.69, 9.17) is 9.72 Å². The minimum absolute atomic E-state index is 0.146. The molecule has 28 heavy (non-hydrogen) atoms. The Bertz CT molecular complexity index is 919. The van der Waals surface area contributed by atoms with Gasteiger partial charge in [0.05, 0.1) is 24.5 Å². The number of fused-ring (bicyclic) bond motifs is 1. The second-order valence-corrected chi connectivity index (χ2v) is 7.24. The highest BCUT2D eigenvalue weighted by atomic mass is 19.1. The van der Waals surface area contributed by atoms with Crippen LogP contribution in [0.3, 0.4) is 0 Å². The maximum atomic E-state index is 14.1. The largest absolute Gasteiger partial charge is 0.376 e. The molecule has 4 rings (SSSR count). The van der Waals surface area contributed by atoms with Crippen LogP contribution in [0.25, 0.3) is 0 Å². The summed E-state index contributed by atoms with van der Waals surface area (Å²) in [7, 11) is 0. The van der Waals surface area contributed by atoms with Crippen molar-refractivity contribution in [1.82, 2.24) is 9.88 Å². The van der Waals surface area contributed by atoms with E-state index in [-0.39, 0.29) is 6.04 Å². The molecule has 2 aliphatic rings. The fraction of sp³-hybridized carbons (Fsp3) is 0.429. The quantitative estimate of drug-likeness (QED) is 0.814. The number of ether oxygens (including phenoxy) is 1. The third-order valence-electron chi connectivity index (χ3n) is 5.61. The molecule has 1 aromatic heterocycles. The summed E-state index contributed by atoms with van der Waals surface area (Å²) in [6.07, 6.45) is 0.759. The monoisotopic (exact) mass is 384 g/mol. The van der Waals surface area contributed by atoms with Gasteiger partial charge in [-0.05, 0) is 19.1 Å². The standard InChI is InChI=1S/C21H22F2N4O/c1-14(18-3-2-17(22)11-19(18)23)26-5-7-27(8-6-26)21-15(12-24)10-16-13-28-9-4-20(16)25-21/h2-3,10-11,14H,4-9,13H2,1H3. The van der Waals surface area contributed by atoms with E-state index in [1.165, 1.54) is 12.1 Å². The summed E-state index contributed by atoms with van der Waals surface area (Å²) in [4.78, 5) is 9.06. The summed E-state index contributed by atoms with van der Waals surface area (Å²) in [6, 6.07) is 7.75. The van der Waals surface area contributed by atoms with Crippen LogP contribution in [0, 0.1) is 23.0 Å². The molecule has 0 amide bonds. The zero-order chi connectivity index (χ0) is 19.7. The maximum absolute atomic E-state index is 14.1. The molecule has 0 N–H and O–H groups in total. The van der Waals surface area contributed by atoms with Crippen LogP contribution in [-0.2, 0) is 17.8 Å². The van der Waals surface area contributed by atoms with Gasteiger partial charge in [0.1, 0.15) is 23.5 Å². The lowest BCUT2D eigenvalue weighted by Gasteiger charge is -2.39. The highest BCUT2D eigenvalue weighted by molar-refractivity contribution is 5.56. The number of nitrogens with zero attached hydrogens (tertiary/aromatic N) is 4. The van der Waals surface area contributed by atoms with E-state index in [1.807, 2.05) is 13.0 Å². The number of nitriles is 1. The van der Waals surface area contributed by atoms with Crippen LogP contribution >= 0.6 is 0 Å². The van der Waals surface area contributed by atoms with Gasteiger partial charge in [-0.2, -0.15) is 5.26 Å². The molecule has 1 atom stereocenters. The minimum Gasteiger partial charge on any atom is -0.376 e. The number of piperazine rings is 1. The summed E-state index contributed by atoms with van der Waals surface area (Å²) in [5.41, 5.74) is 3.06. The Morgan fingerprint density at radius 1 is 1.18 bits per heavy atom. The Balaban J connectivity index is 1.49. The molecule has 1 saturated heterocycles. The number of pyridine rings is 1. The Labute approximate surface area is 163 Å². The SMILES string of the molecule is CC(c1ccc(F)cc1F)N1CCN(c2nc3c(cc2C#N)COCC3)CC1. The van der Waals surface area contributed by atoms with E-state index in [0.717, 1.165) is 29.6 Å². The highest BCUT2D eigenvalue weighted by Gasteiger charge is 2.27. The molecule has 2 aliphatic heterocycles. The topological polar surface area (TPSA) is 52.4 Å². The average molecular weight is 384 g/mol. The van der Waals surface area contributed by atoms with Crippen molar-refractivity contribution in [2.75, 3.05) is 37.7 Å². The normalized spacial score (nSPS) is 18.4. The van der Waals surface area contributed by atoms with Crippen LogP contribution < -0.4 is 4.90 Å². The number of rotatable bonds is 3. The van der Waals surface area contributed by atoms with Crippen molar-refractivity contribution < 1.29 is 13.5 Å². The molecular formula is C21H22F2N4O. The summed E-state index contributed by atoms with van der Waals surface area (Å²) >= 11 is 0. The van der Waals surface area contributed by atoms with Gasteiger partial charge in [-0.25, -0.2) is 13.8 Å². The smallest absolute Gasteiger partial charge is 0.146 e. The number of halogens is 2. The number of hydrogen-bond acceptors (Lipinski definition) is 5. The third-order valence-corrected chi connectivity index (χ3v) is 5.61. The number of anilines is 1. The predicted octanol–water partition coefficient (Wildman–Crippen LogP) is 3.19. The van der Waals surface area contributed by atoms with Crippen molar-refractivity contribution >= 4 is 5.82 Å². The first kappa shape index (κ1) is 18.8. The van der Waals surface area contributed by atoms with Crippen molar-refractivity contribution in [3.63, 3.8) is 0 Å². The molecule has 0 aliphatic carbocycles. The molecule has 1 fully saturated rings. The summed E-state index contributed by atoms with van der Waals surface area (Å²) in [6.45, 7) is 5.92. The number of benzene rings is 1. The lowest BCUT2D eigenvalue weighted by molar-refractivity contribution is 0.109. The van der Waals surface area contributed by atoms with Gasteiger partial charge in [-0.1, -0.05) is 6.07 Å². The molecule has 7 heteroatoms. The van der Waals surface area contributed by atoms with Crippen LogP contribution in [-0.4, -0.2) is 42.7 Å². The Kier molecular flexibility index (Phi) is 5.25. The van der Waals surface area contributed by atoms with Crippen molar-refractivity contribution in [2.45, 2.75) is 26.0 Å². The van der Waals surface area contributed by atoms with Gasteiger partial charge >= 0.3 is 0 Å². The molecule has 0 saturated carbocycles. The molecule has 5 nitrogen and oxygen atoms in total. The van der Waals surface area contributed by atoms with E-state index < -0.39 is 11.6 Å². The van der Waals surface area contributed by atoms with Gasteiger partial charge in [-0.15, -0.1) is 0 Å². The first-order valence-electron chi connectivity index (χ1n) is 9.51. The Hall–Kier alpha value is -2.56. The van der Waals surface area contributed by atoms with Crippen LogP contribution in [0.1, 0.15) is 35.3 Å². The molecule has 0 bridgehead atoms. The molecule has 0 spiro atoms. The van der Waals surface area contributed by atoms with E-state index >= 15 is 0 Å². The van der Waals surface area contributed by atoms with Gasteiger partial charge in [0, 0.05) is 55.8 Å². The summed E-state index contributed by atoms with van der Waals surface area (Å²) in [5.74, 6) is -0.352. The van der Waals surface area contributed by atoms with Crippen LogP contribution in [0.15, 0.2) is 24.3 Å². The fourth-order valence-electron chi connectivity index (χ4n) is 3.96. The first-order valence-corrected chi connectivity index (χ1v) is 9.51. The summed E-state index contributed by atoms with van der Waals surface area (Å²) in [5, 5.41) is 9.55. The van der Waals surface area contributed by atoms with Gasteiger partial charge in [0.25, 0.3) is 0 Å². The lowest BCUT2D eigenvalue weighted by Crippen LogP contribution is -2.48. The van der Waals surface area contributed by atoms with Crippen molar-refractivity contribution in [1.29, 1.82) is 5.26 Å². The second kappa shape index (κ2) is 7.82.